The molecule has 3 aromatic rings. The number of rotatable bonds is 5. The van der Waals surface area contributed by atoms with E-state index in [4.69, 9.17) is 4.74 Å². The summed E-state index contributed by atoms with van der Waals surface area (Å²) in [5, 5.41) is 6.29. The quantitative estimate of drug-likeness (QED) is 0.705. The molecule has 0 radical (unpaired) electrons. The number of ether oxygens (including phenoxy) is 1. The van der Waals surface area contributed by atoms with E-state index in [1.54, 1.807) is 12.3 Å². The second-order valence-electron chi connectivity index (χ2n) is 6.39. The molecule has 0 fully saturated rings. The molecule has 28 heavy (non-hydrogen) atoms. The minimum atomic E-state index is -0.208. The summed E-state index contributed by atoms with van der Waals surface area (Å²) in [4.78, 5) is 21.6. The van der Waals surface area contributed by atoms with E-state index in [-0.39, 0.29) is 5.91 Å². The van der Waals surface area contributed by atoms with Gasteiger partial charge in [-0.1, -0.05) is 24.3 Å². The Morgan fingerprint density at radius 3 is 2.61 bits per heavy atom. The van der Waals surface area contributed by atoms with E-state index in [0.29, 0.717) is 30.3 Å². The van der Waals surface area contributed by atoms with Crippen LogP contribution in [0, 0.1) is 6.92 Å². The van der Waals surface area contributed by atoms with Crippen molar-refractivity contribution in [1.29, 1.82) is 0 Å². The average molecular weight is 372 g/mol. The SMILES string of the molecule is Cc1cc(Nc2ccccc2C(=O)Nc2ccccc2C2=NCCO2)ccn1. The molecule has 0 saturated heterocycles. The first-order valence-electron chi connectivity index (χ1n) is 9.07. The molecule has 0 bridgehead atoms. The summed E-state index contributed by atoms with van der Waals surface area (Å²) in [6, 6.07) is 18.7. The van der Waals surface area contributed by atoms with Crippen molar-refractivity contribution in [3.05, 3.63) is 83.7 Å². The second-order valence-corrected chi connectivity index (χ2v) is 6.39. The van der Waals surface area contributed by atoms with Crippen LogP contribution in [0.15, 0.2) is 71.9 Å². The third-order valence-electron chi connectivity index (χ3n) is 4.34. The van der Waals surface area contributed by atoms with Crippen LogP contribution in [0.1, 0.15) is 21.6 Å². The van der Waals surface area contributed by atoms with Crippen molar-refractivity contribution in [1.82, 2.24) is 4.98 Å². The van der Waals surface area contributed by atoms with Crippen molar-refractivity contribution in [2.45, 2.75) is 6.92 Å². The van der Waals surface area contributed by atoms with Crippen LogP contribution >= 0.6 is 0 Å². The minimum absolute atomic E-state index is 0.208. The molecule has 4 rings (SSSR count). The Morgan fingerprint density at radius 2 is 1.82 bits per heavy atom. The van der Waals surface area contributed by atoms with Gasteiger partial charge < -0.3 is 15.4 Å². The summed E-state index contributed by atoms with van der Waals surface area (Å²) in [6.45, 7) is 3.12. The molecule has 140 valence electrons. The van der Waals surface area contributed by atoms with Crippen LogP contribution in [0.5, 0.6) is 0 Å². The molecule has 0 saturated carbocycles. The largest absolute Gasteiger partial charge is 0.475 e. The number of carbonyl (C=O) groups excluding carboxylic acids is 1. The van der Waals surface area contributed by atoms with Crippen LogP contribution in [-0.2, 0) is 4.74 Å². The molecule has 0 spiro atoms. The number of aliphatic imine (C=N–C) groups is 1. The van der Waals surface area contributed by atoms with E-state index in [1.807, 2.05) is 61.5 Å². The van der Waals surface area contributed by atoms with Crippen LogP contribution in [-0.4, -0.2) is 29.9 Å². The molecule has 1 amide bonds. The molecular formula is C22H20N4O2. The lowest BCUT2D eigenvalue weighted by Crippen LogP contribution is -2.16. The van der Waals surface area contributed by atoms with E-state index in [0.717, 1.165) is 22.6 Å². The van der Waals surface area contributed by atoms with Crippen molar-refractivity contribution in [2.24, 2.45) is 4.99 Å². The number of nitrogens with zero attached hydrogens (tertiary/aromatic N) is 2. The molecule has 0 atom stereocenters. The zero-order valence-corrected chi connectivity index (χ0v) is 15.5. The first-order chi connectivity index (χ1) is 13.7. The summed E-state index contributed by atoms with van der Waals surface area (Å²) >= 11 is 0. The topological polar surface area (TPSA) is 75.6 Å². The van der Waals surface area contributed by atoms with Crippen molar-refractivity contribution < 1.29 is 9.53 Å². The highest BCUT2D eigenvalue weighted by Crippen LogP contribution is 2.24. The van der Waals surface area contributed by atoms with Crippen molar-refractivity contribution in [3.63, 3.8) is 0 Å². The molecule has 0 aliphatic carbocycles. The highest BCUT2D eigenvalue weighted by molar-refractivity contribution is 6.11. The van der Waals surface area contributed by atoms with E-state index >= 15 is 0 Å². The maximum Gasteiger partial charge on any atom is 0.257 e. The fourth-order valence-electron chi connectivity index (χ4n) is 3.04. The molecule has 1 aliphatic rings. The Morgan fingerprint density at radius 1 is 1.04 bits per heavy atom. The summed E-state index contributed by atoms with van der Waals surface area (Å²) in [5.41, 5.74) is 4.49. The fraction of sp³-hybridized carbons (Fsp3) is 0.136. The number of nitrogens with one attached hydrogen (secondary N) is 2. The first kappa shape index (κ1) is 17.7. The number of carbonyl (C=O) groups is 1. The van der Waals surface area contributed by atoms with Gasteiger partial charge in [0.2, 0.25) is 5.90 Å². The van der Waals surface area contributed by atoms with E-state index in [1.165, 1.54) is 0 Å². The van der Waals surface area contributed by atoms with Crippen LogP contribution < -0.4 is 10.6 Å². The van der Waals surface area contributed by atoms with Gasteiger partial charge in [-0.25, -0.2) is 4.99 Å². The number of hydrogen-bond acceptors (Lipinski definition) is 5. The lowest BCUT2D eigenvalue weighted by atomic mass is 10.1. The van der Waals surface area contributed by atoms with Gasteiger partial charge in [0.15, 0.2) is 0 Å². The van der Waals surface area contributed by atoms with Gasteiger partial charge in [-0.05, 0) is 43.3 Å². The maximum absolute atomic E-state index is 13.0. The molecule has 2 heterocycles. The summed E-state index contributed by atoms with van der Waals surface area (Å²) < 4.78 is 5.56. The van der Waals surface area contributed by atoms with Gasteiger partial charge in [-0.3, -0.25) is 9.78 Å². The molecule has 6 heteroatoms. The van der Waals surface area contributed by atoms with E-state index in [2.05, 4.69) is 20.6 Å². The highest BCUT2D eigenvalue weighted by Gasteiger charge is 2.17. The third-order valence-corrected chi connectivity index (χ3v) is 4.34. The smallest absolute Gasteiger partial charge is 0.257 e. The van der Waals surface area contributed by atoms with Gasteiger partial charge in [0, 0.05) is 17.6 Å². The molecule has 6 nitrogen and oxygen atoms in total. The van der Waals surface area contributed by atoms with Crippen LogP contribution in [0.2, 0.25) is 0 Å². The van der Waals surface area contributed by atoms with Gasteiger partial charge >= 0.3 is 0 Å². The molecule has 2 aromatic carbocycles. The van der Waals surface area contributed by atoms with Gasteiger partial charge in [-0.2, -0.15) is 0 Å². The van der Waals surface area contributed by atoms with Crippen LogP contribution in [0.4, 0.5) is 17.1 Å². The van der Waals surface area contributed by atoms with Crippen LogP contribution in [0.3, 0.4) is 0 Å². The van der Waals surface area contributed by atoms with Crippen molar-refractivity contribution >= 4 is 28.9 Å². The fourth-order valence-corrected chi connectivity index (χ4v) is 3.04. The molecular weight excluding hydrogens is 352 g/mol. The maximum atomic E-state index is 13.0. The van der Waals surface area contributed by atoms with Gasteiger partial charge in [0.05, 0.1) is 29.0 Å². The third kappa shape index (κ3) is 3.86. The van der Waals surface area contributed by atoms with Crippen molar-refractivity contribution in [2.75, 3.05) is 23.8 Å². The lowest BCUT2D eigenvalue weighted by molar-refractivity contribution is 0.102. The Hall–Kier alpha value is -3.67. The normalized spacial score (nSPS) is 12.8. The Labute approximate surface area is 163 Å². The van der Waals surface area contributed by atoms with Crippen molar-refractivity contribution in [3.8, 4) is 0 Å². The Bertz CT molecular complexity index is 1050. The number of aryl methyl sites for hydroxylation is 1. The summed E-state index contributed by atoms with van der Waals surface area (Å²) in [5.74, 6) is 0.356. The number of para-hydroxylation sites is 2. The Kier molecular flexibility index (Phi) is 5.01. The predicted molar refractivity (Wildman–Crippen MR) is 110 cm³/mol. The molecule has 1 aromatic heterocycles. The van der Waals surface area contributed by atoms with Gasteiger partial charge in [0.1, 0.15) is 6.61 Å². The van der Waals surface area contributed by atoms with Crippen LogP contribution in [0.25, 0.3) is 0 Å². The first-order valence-corrected chi connectivity index (χ1v) is 9.07. The van der Waals surface area contributed by atoms with Gasteiger partial charge in [0.25, 0.3) is 5.91 Å². The lowest BCUT2D eigenvalue weighted by Gasteiger charge is -2.14. The summed E-state index contributed by atoms with van der Waals surface area (Å²) in [6.07, 6.45) is 1.74. The number of pyridine rings is 1. The minimum Gasteiger partial charge on any atom is -0.475 e. The number of hydrogen-bond donors (Lipinski definition) is 2. The number of benzene rings is 2. The Balaban J connectivity index is 1.60. The number of amides is 1. The van der Waals surface area contributed by atoms with E-state index < -0.39 is 0 Å². The zero-order chi connectivity index (χ0) is 19.3. The monoisotopic (exact) mass is 372 g/mol. The van der Waals surface area contributed by atoms with Gasteiger partial charge in [-0.15, -0.1) is 0 Å². The zero-order valence-electron chi connectivity index (χ0n) is 15.5. The molecule has 1 aliphatic heterocycles. The highest BCUT2D eigenvalue weighted by atomic mass is 16.5. The van der Waals surface area contributed by atoms with E-state index in [9.17, 15) is 4.79 Å². The summed E-state index contributed by atoms with van der Waals surface area (Å²) in [7, 11) is 0. The molecule has 2 N–H and O–H groups in total. The number of aromatic nitrogens is 1. The second kappa shape index (κ2) is 7.92. The number of anilines is 3. The molecule has 0 unspecified atom stereocenters. The predicted octanol–water partition coefficient (Wildman–Crippen LogP) is 4.16. The average Bonchev–Trinajstić information content (AvgIpc) is 3.23. The standard InChI is InChI=1S/C22H20N4O2/c1-15-14-16(10-11-23-15)25-19-8-4-2-6-17(19)21(27)26-20-9-5-3-7-18(20)22-24-12-13-28-22/h2-11,14H,12-13H2,1H3,(H,23,25)(H,26,27).